The number of aromatic hydroxyl groups is 1. The van der Waals surface area contributed by atoms with Gasteiger partial charge in [-0.15, -0.1) is 0 Å². The maximum absolute atomic E-state index is 12.1. The predicted molar refractivity (Wildman–Crippen MR) is 77.0 cm³/mol. The van der Waals surface area contributed by atoms with Crippen molar-refractivity contribution < 1.29 is 9.90 Å². The number of nitrogens with one attached hydrogen (secondary N) is 1. The van der Waals surface area contributed by atoms with Crippen LogP contribution in [-0.2, 0) is 0 Å². The van der Waals surface area contributed by atoms with Crippen LogP contribution in [0.4, 0.5) is 5.69 Å². The molecule has 0 saturated heterocycles. The first kappa shape index (κ1) is 13.9. The van der Waals surface area contributed by atoms with Crippen molar-refractivity contribution in [3.63, 3.8) is 0 Å². The number of halogens is 1. The van der Waals surface area contributed by atoms with Crippen molar-refractivity contribution in [2.75, 3.05) is 5.32 Å². The molecule has 2 aromatic rings. The molecule has 0 aliphatic carbocycles. The summed E-state index contributed by atoms with van der Waals surface area (Å²) in [5, 5.41) is 21.5. The van der Waals surface area contributed by atoms with E-state index in [9.17, 15) is 9.90 Å². The quantitative estimate of drug-likeness (QED) is 0.887. The Morgan fingerprint density at radius 2 is 2.05 bits per heavy atom. The van der Waals surface area contributed by atoms with Gasteiger partial charge in [0, 0.05) is 10.7 Å². The van der Waals surface area contributed by atoms with Gasteiger partial charge in [0.2, 0.25) is 0 Å². The van der Waals surface area contributed by atoms with E-state index in [2.05, 4.69) is 5.32 Å². The number of rotatable bonds is 2. The van der Waals surface area contributed by atoms with Gasteiger partial charge in [0.1, 0.15) is 5.75 Å². The van der Waals surface area contributed by atoms with Crippen LogP contribution in [0, 0.1) is 18.3 Å². The lowest BCUT2D eigenvalue weighted by Crippen LogP contribution is -2.13. The molecule has 1 amide bonds. The molecule has 0 bridgehead atoms. The second-order valence-corrected chi connectivity index (χ2v) is 4.69. The number of phenols is 1. The molecule has 2 rings (SSSR count). The molecule has 0 atom stereocenters. The second kappa shape index (κ2) is 5.64. The first-order chi connectivity index (χ1) is 9.51. The summed E-state index contributed by atoms with van der Waals surface area (Å²) in [4.78, 5) is 12.1. The first-order valence-electron chi connectivity index (χ1n) is 5.82. The second-order valence-electron chi connectivity index (χ2n) is 4.26. The fraction of sp³-hybridized carbons (Fsp3) is 0.0667. The molecule has 100 valence electrons. The van der Waals surface area contributed by atoms with E-state index >= 15 is 0 Å². The van der Waals surface area contributed by atoms with Gasteiger partial charge in [-0.05, 0) is 48.9 Å². The summed E-state index contributed by atoms with van der Waals surface area (Å²) < 4.78 is 0. The molecule has 2 aromatic carbocycles. The fourth-order valence-electron chi connectivity index (χ4n) is 1.75. The predicted octanol–water partition coefficient (Wildman–Crippen LogP) is 3.48. The molecular weight excluding hydrogens is 276 g/mol. The van der Waals surface area contributed by atoms with Crippen molar-refractivity contribution in [1.29, 1.82) is 5.26 Å². The number of aryl methyl sites for hydroxylation is 1. The number of hydrogen-bond acceptors (Lipinski definition) is 3. The summed E-state index contributed by atoms with van der Waals surface area (Å²) in [5.74, 6) is -0.601. The lowest BCUT2D eigenvalue weighted by molar-refractivity contribution is 0.102. The first-order valence-corrected chi connectivity index (χ1v) is 6.19. The topological polar surface area (TPSA) is 73.1 Å². The molecule has 0 aliphatic heterocycles. The van der Waals surface area contributed by atoms with Crippen molar-refractivity contribution in [3.8, 4) is 11.8 Å². The molecule has 0 saturated carbocycles. The van der Waals surface area contributed by atoms with Crippen molar-refractivity contribution in [2.45, 2.75) is 6.92 Å². The van der Waals surface area contributed by atoms with Crippen LogP contribution in [0.5, 0.6) is 5.75 Å². The van der Waals surface area contributed by atoms with E-state index < -0.39 is 5.91 Å². The maximum atomic E-state index is 12.1. The van der Waals surface area contributed by atoms with Crippen LogP contribution >= 0.6 is 11.6 Å². The van der Waals surface area contributed by atoms with Crippen LogP contribution in [0.3, 0.4) is 0 Å². The Balaban J connectivity index is 2.28. The molecule has 0 spiro atoms. The van der Waals surface area contributed by atoms with Gasteiger partial charge in [0.05, 0.1) is 17.2 Å². The molecule has 0 aromatic heterocycles. The molecule has 5 heteroatoms. The highest BCUT2D eigenvalue weighted by Crippen LogP contribution is 2.23. The normalized spacial score (nSPS) is 9.85. The highest BCUT2D eigenvalue weighted by Gasteiger charge is 2.13. The highest BCUT2D eigenvalue weighted by atomic mass is 35.5. The minimum absolute atomic E-state index is 0.0984. The van der Waals surface area contributed by atoms with E-state index in [-0.39, 0.29) is 11.3 Å². The number of nitrogens with zero attached hydrogens (tertiary/aromatic N) is 1. The van der Waals surface area contributed by atoms with Crippen LogP contribution in [-0.4, -0.2) is 11.0 Å². The third kappa shape index (κ3) is 2.90. The summed E-state index contributed by atoms with van der Waals surface area (Å²) in [6, 6.07) is 11.2. The number of benzene rings is 2. The highest BCUT2D eigenvalue weighted by molar-refractivity contribution is 6.31. The van der Waals surface area contributed by atoms with Crippen molar-refractivity contribution >= 4 is 23.2 Å². The van der Waals surface area contributed by atoms with E-state index in [1.165, 1.54) is 18.2 Å². The van der Waals surface area contributed by atoms with Gasteiger partial charge in [0.15, 0.2) is 0 Å². The average Bonchev–Trinajstić information content (AvgIpc) is 2.43. The number of anilines is 1. The lowest BCUT2D eigenvalue weighted by Gasteiger charge is -2.10. The molecule has 2 N–H and O–H groups in total. The van der Waals surface area contributed by atoms with Crippen molar-refractivity contribution in [2.24, 2.45) is 0 Å². The van der Waals surface area contributed by atoms with Crippen LogP contribution in [0.1, 0.15) is 21.5 Å². The van der Waals surface area contributed by atoms with Gasteiger partial charge in [0.25, 0.3) is 5.91 Å². The Morgan fingerprint density at radius 1 is 1.30 bits per heavy atom. The summed E-state index contributed by atoms with van der Waals surface area (Å²) in [5.41, 5.74) is 1.96. The number of phenolic OH excluding ortho intramolecular Hbond substituents is 1. The van der Waals surface area contributed by atoms with Gasteiger partial charge in [-0.25, -0.2) is 0 Å². The van der Waals surface area contributed by atoms with E-state index in [0.29, 0.717) is 16.3 Å². The number of amides is 1. The summed E-state index contributed by atoms with van der Waals surface area (Å²) in [6.07, 6.45) is 0. The lowest BCUT2D eigenvalue weighted by atomic mass is 10.1. The van der Waals surface area contributed by atoms with Crippen LogP contribution < -0.4 is 5.32 Å². The maximum Gasteiger partial charge on any atom is 0.259 e. The molecule has 0 heterocycles. The van der Waals surface area contributed by atoms with E-state index in [1.807, 2.05) is 6.07 Å². The van der Waals surface area contributed by atoms with Crippen molar-refractivity contribution in [1.82, 2.24) is 0 Å². The third-order valence-corrected chi connectivity index (χ3v) is 3.04. The van der Waals surface area contributed by atoms with Gasteiger partial charge in [-0.1, -0.05) is 11.6 Å². The third-order valence-electron chi connectivity index (χ3n) is 2.81. The Hall–Kier alpha value is -2.51. The zero-order valence-electron chi connectivity index (χ0n) is 10.6. The molecule has 20 heavy (non-hydrogen) atoms. The van der Waals surface area contributed by atoms with E-state index in [1.54, 1.807) is 25.1 Å². The summed E-state index contributed by atoms with van der Waals surface area (Å²) in [7, 11) is 0. The Bertz CT molecular complexity index is 720. The van der Waals surface area contributed by atoms with Crippen LogP contribution in [0.15, 0.2) is 36.4 Å². The van der Waals surface area contributed by atoms with Crippen LogP contribution in [0.25, 0.3) is 0 Å². The molecule has 0 aliphatic rings. The monoisotopic (exact) mass is 286 g/mol. The Kier molecular flexibility index (Phi) is 3.92. The van der Waals surface area contributed by atoms with E-state index in [0.717, 1.165) is 5.56 Å². The molecule has 0 unspecified atom stereocenters. The Morgan fingerprint density at radius 3 is 2.70 bits per heavy atom. The van der Waals surface area contributed by atoms with Crippen molar-refractivity contribution in [3.05, 3.63) is 58.1 Å². The minimum atomic E-state index is -0.460. The minimum Gasteiger partial charge on any atom is -0.507 e. The standard InChI is InChI=1S/C15H11ClN2O2/c1-9-6-10(8-17)2-4-13(9)18-15(20)12-7-11(16)3-5-14(12)19/h2-7,19H,1H3,(H,18,20). The largest absolute Gasteiger partial charge is 0.507 e. The van der Waals surface area contributed by atoms with Gasteiger partial charge in [-0.2, -0.15) is 5.26 Å². The smallest absolute Gasteiger partial charge is 0.259 e. The summed E-state index contributed by atoms with van der Waals surface area (Å²) >= 11 is 5.81. The fourth-order valence-corrected chi connectivity index (χ4v) is 1.93. The zero-order chi connectivity index (χ0) is 14.7. The van der Waals surface area contributed by atoms with Gasteiger partial charge >= 0.3 is 0 Å². The number of carbonyl (C=O) groups is 1. The molecule has 4 nitrogen and oxygen atoms in total. The summed E-state index contributed by atoms with van der Waals surface area (Å²) in [6.45, 7) is 1.79. The number of nitriles is 1. The Labute approximate surface area is 121 Å². The molecule has 0 fully saturated rings. The molecular formula is C15H11ClN2O2. The number of carbonyl (C=O) groups excluding carboxylic acids is 1. The number of hydrogen-bond donors (Lipinski definition) is 2. The van der Waals surface area contributed by atoms with Crippen LogP contribution in [0.2, 0.25) is 5.02 Å². The molecule has 0 radical (unpaired) electrons. The SMILES string of the molecule is Cc1cc(C#N)ccc1NC(=O)c1cc(Cl)ccc1O. The van der Waals surface area contributed by atoms with Gasteiger partial charge in [-0.3, -0.25) is 4.79 Å². The average molecular weight is 287 g/mol. The zero-order valence-corrected chi connectivity index (χ0v) is 11.4. The van der Waals surface area contributed by atoms with Gasteiger partial charge < -0.3 is 10.4 Å². The van der Waals surface area contributed by atoms with E-state index in [4.69, 9.17) is 16.9 Å².